The average Bonchev–Trinajstić information content (AvgIpc) is 3.33. The molecule has 1 aliphatic heterocycles. The molecular weight excluding hydrogens is 386 g/mol. The molecule has 2 heterocycles. The molecule has 0 fully saturated rings. The number of carbonyl (C=O) groups is 1. The Hall–Kier alpha value is -3.68. The van der Waals surface area contributed by atoms with E-state index >= 15 is 0 Å². The van der Waals surface area contributed by atoms with Crippen LogP contribution in [0, 0.1) is 13.8 Å². The molecule has 156 valence electrons. The maximum absolute atomic E-state index is 12.8. The third kappa shape index (κ3) is 3.63. The van der Waals surface area contributed by atoms with Crippen LogP contribution in [0.25, 0.3) is 0 Å². The van der Waals surface area contributed by atoms with Crippen molar-refractivity contribution >= 4 is 11.6 Å². The highest BCUT2D eigenvalue weighted by molar-refractivity contribution is 6.05. The largest absolute Gasteiger partial charge is 0.493 e. The summed E-state index contributed by atoms with van der Waals surface area (Å²) in [6.45, 7) is 4.50. The molecule has 1 N–H and O–H groups in total. The molecule has 2 aromatic carbocycles. The van der Waals surface area contributed by atoms with Crippen LogP contribution in [0.4, 0.5) is 5.69 Å². The Bertz CT molecular complexity index is 1110. The number of hydrogen-bond donors (Lipinski definition) is 1. The molecule has 30 heavy (non-hydrogen) atoms. The maximum Gasteiger partial charge on any atom is 0.255 e. The average molecular weight is 409 g/mol. The van der Waals surface area contributed by atoms with Crippen molar-refractivity contribution < 1.29 is 23.7 Å². The molecule has 1 aromatic heterocycles. The summed E-state index contributed by atoms with van der Waals surface area (Å²) in [5, 5.41) is 7.56. The number of anilines is 1. The minimum atomic E-state index is -0.231. The fourth-order valence-electron chi connectivity index (χ4n) is 3.41. The zero-order chi connectivity index (χ0) is 21.3. The number of carbonyl (C=O) groups excluding carboxylic acids is 1. The van der Waals surface area contributed by atoms with Crippen molar-refractivity contribution in [1.82, 2.24) is 9.78 Å². The number of amides is 1. The van der Waals surface area contributed by atoms with Gasteiger partial charge in [-0.3, -0.25) is 9.48 Å². The Kier molecular flexibility index (Phi) is 5.22. The lowest BCUT2D eigenvalue weighted by Gasteiger charge is -2.11. The van der Waals surface area contributed by atoms with Gasteiger partial charge in [0.2, 0.25) is 6.79 Å². The molecule has 1 amide bonds. The number of nitrogens with zero attached hydrogens (tertiary/aromatic N) is 2. The van der Waals surface area contributed by atoms with Crippen LogP contribution in [0.15, 0.2) is 36.4 Å². The minimum Gasteiger partial charge on any atom is -0.493 e. The SMILES string of the molecule is COc1ccc(Cn2nc(C)c(NC(=O)c3ccc4c(c3)OCO4)c2C)cc1OC. The third-order valence-corrected chi connectivity index (χ3v) is 5.04. The number of hydrogen-bond acceptors (Lipinski definition) is 6. The predicted octanol–water partition coefficient (Wildman–Crippen LogP) is 3.55. The van der Waals surface area contributed by atoms with E-state index in [1.807, 2.05) is 36.7 Å². The van der Waals surface area contributed by atoms with Crippen molar-refractivity contribution in [2.75, 3.05) is 26.3 Å². The van der Waals surface area contributed by atoms with Crippen LogP contribution in [0.2, 0.25) is 0 Å². The normalized spacial score (nSPS) is 12.0. The van der Waals surface area contributed by atoms with Crippen molar-refractivity contribution in [1.29, 1.82) is 0 Å². The number of fused-ring (bicyclic) bond motifs is 1. The number of benzene rings is 2. The van der Waals surface area contributed by atoms with Gasteiger partial charge in [-0.25, -0.2) is 0 Å². The Morgan fingerprint density at radius 2 is 1.83 bits per heavy atom. The molecule has 0 bridgehead atoms. The second-order valence-electron chi connectivity index (χ2n) is 6.91. The number of methoxy groups -OCH3 is 2. The molecule has 4 rings (SSSR count). The fourth-order valence-corrected chi connectivity index (χ4v) is 3.41. The topological polar surface area (TPSA) is 83.8 Å². The molecule has 0 saturated carbocycles. The number of nitrogens with one attached hydrogen (secondary N) is 1. The van der Waals surface area contributed by atoms with Gasteiger partial charge in [-0.05, 0) is 49.7 Å². The number of ether oxygens (including phenoxy) is 4. The number of aromatic nitrogens is 2. The lowest BCUT2D eigenvalue weighted by atomic mass is 10.1. The van der Waals surface area contributed by atoms with Gasteiger partial charge >= 0.3 is 0 Å². The van der Waals surface area contributed by atoms with Gasteiger partial charge in [0.05, 0.1) is 37.8 Å². The van der Waals surface area contributed by atoms with Gasteiger partial charge in [0, 0.05) is 5.56 Å². The van der Waals surface area contributed by atoms with Gasteiger partial charge in [0.15, 0.2) is 23.0 Å². The molecule has 0 atom stereocenters. The lowest BCUT2D eigenvalue weighted by molar-refractivity contribution is 0.102. The van der Waals surface area contributed by atoms with E-state index in [1.165, 1.54) is 0 Å². The summed E-state index contributed by atoms with van der Waals surface area (Å²) in [7, 11) is 3.21. The summed E-state index contributed by atoms with van der Waals surface area (Å²) in [5.41, 5.74) is 3.79. The summed E-state index contributed by atoms with van der Waals surface area (Å²) >= 11 is 0. The summed E-state index contributed by atoms with van der Waals surface area (Å²) in [6.07, 6.45) is 0. The van der Waals surface area contributed by atoms with Gasteiger partial charge < -0.3 is 24.3 Å². The molecule has 0 spiro atoms. The zero-order valence-corrected chi connectivity index (χ0v) is 17.3. The van der Waals surface area contributed by atoms with Crippen LogP contribution < -0.4 is 24.3 Å². The quantitative estimate of drug-likeness (QED) is 0.670. The maximum atomic E-state index is 12.8. The highest BCUT2D eigenvalue weighted by Gasteiger charge is 2.19. The number of rotatable bonds is 6. The standard InChI is InChI=1S/C22H23N3O5/c1-13-21(23-22(26)16-6-8-18-20(10-16)30-12-29-18)14(2)25(24-13)11-15-5-7-17(27-3)19(9-15)28-4/h5-10H,11-12H2,1-4H3,(H,23,26). The van der Waals surface area contributed by atoms with E-state index in [2.05, 4.69) is 10.4 Å². The second-order valence-corrected chi connectivity index (χ2v) is 6.91. The molecule has 8 nitrogen and oxygen atoms in total. The van der Waals surface area contributed by atoms with Gasteiger partial charge in [-0.1, -0.05) is 6.07 Å². The van der Waals surface area contributed by atoms with Gasteiger partial charge in [0.25, 0.3) is 5.91 Å². The van der Waals surface area contributed by atoms with Crippen LogP contribution in [-0.2, 0) is 6.54 Å². The first-order chi connectivity index (χ1) is 14.5. The zero-order valence-electron chi connectivity index (χ0n) is 17.3. The van der Waals surface area contributed by atoms with Crippen molar-refractivity contribution in [3.05, 3.63) is 58.9 Å². The molecule has 0 aliphatic carbocycles. The van der Waals surface area contributed by atoms with Gasteiger partial charge in [-0.2, -0.15) is 5.10 Å². The van der Waals surface area contributed by atoms with E-state index in [9.17, 15) is 4.79 Å². The molecule has 3 aromatic rings. The highest BCUT2D eigenvalue weighted by Crippen LogP contribution is 2.33. The van der Waals surface area contributed by atoms with Crippen LogP contribution in [0.1, 0.15) is 27.3 Å². The van der Waals surface area contributed by atoms with Gasteiger partial charge in [-0.15, -0.1) is 0 Å². The van der Waals surface area contributed by atoms with Crippen LogP contribution in [0.3, 0.4) is 0 Å². The fraction of sp³-hybridized carbons (Fsp3) is 0.273. The van der Waals surface area contributed by atoms with Crippen molar-refractivity contribution in [2.45, 2.75) is 20.4 Å². The molecule has 0 saturated heterocycles. The molecule has 0 unspecified atom stereocenters. The van der Waals surface area contributed by atoms with Crippen molar-refractivity contribution in [3.63, 3.8) is 0 Å². The smallest absolute Gasteiger partial charge is 0.255 e. The summed E-state index contributed by atoms with van der Waals surface area (Å²) in [5.74, 6) is 2.31. The molecular formula is C22H23N3O5. The number of aryl methyl sites for hydroxylation is 1. The highest BCUT2D eigenvalue weighted by atomic mass is 16.7. The first kappa shape index (κ1) is 19.6. The Balaban J connectivity index is 1.54. The molecule has 1 aliphatic rings. The van der Waals surface area contributed by atoms with E-state index in [-0.39, 0.29) is 12.7 Å². The molecule has 0 radical (unpaired) electrons. The Morgan fingerprint density at radius 1 is 1.07 bits per heavy atom. The van der Waals surface area contributed by atoms with E-state index < -0.39 is 0 Å². The first-order valence-electron chi connectivity index (χ1n) is 9.46. The van der Waals surface area contributed by atoms with Crippen molar-refractivity contribution in [3.8, 4) is 23.0 Å². The lowest BCUT2D eigenvalue weighted by Crippen LogP contribution is -2.13. The van der Waals surface area contributed by atoms with Gasteiger partial charge in [0.1, 0.15) is 0 Å². The van der Waals surface area contributed by atoms with E-state index in [4.69, 9.17) is 18.9 Å². The van der Waals surface area contributed by atoms with E-state index in [1.54, 1.807) is 32.4 Å². The predicted molar refractivity (Wildman–Crippen MR) is 111 cm³/mol. The van der Waals surface area contributed by atoms with Crippen LogP contribution in [0.5, 0.6) is 23.0 Å². The van der Waals surface area contributed by atoms with E-state index in [0.29, 0.717) is 40.8 Å². The minimum absolute atomic E-state index is 0.168. The second kappa shape index (κ2) is 7.98. The molecule has 8 heteroatoms. The summed E-state index contributed by atoms with van der Waals surface area (Å²) in [4.78, 5) is 12.8. The monoisotopic (exact) mass is 409 g/mol. The Labute approximate surface area is 174 Å². The van der Waals surface area contributed by atoms with Crippen LogP contribution in [-0.4, -0.2) is 36.7 Å². The van der Waals surface area contributed by atoms with E-state index in [0.717, 1.165) is 17.0 Å². The summed E-state index contributed by atoms with van der Waals surface area (Å²) < 4.78 is 23.2. The first-order valence-corrected chi connectivity index (χ1v) is 9.46. The van der Waals surface area contributed by atoms with Crippen LogP contribution >= 0.6 is 0 Å². The Morgan fingerprint density at radius 3 is 2.60 bits per heavy atom. The third-order valence-electron chi connectivity index (χ3n) is 5.04. The summed E-state index contributed by atoms with van der Waals surface area (Å²) in [6, 6.07) is 10.9. The van der Waals surface area contributed by atoms with Crippen molar-refractivity contribution in [2.24, 2.45) is 0 Å².